The van der Waals surface area contributed by atoms with Gasteiger partial charge in [-0.3, -0.25) is 14.4 Å². The molecule has 3 rings (SSSR count). The smallest absolute Gasteiger partial charge is 0.243 e. The molecular weight excluding hydrogens is 416 g/mol. The van der Waals surface area contributed by atoms with Crippen LogP contribution in [0, 0.1) is 0 Å². The molecule has 166 valence electrons. The van der Waals surface area contributed by atoms with Gasteiger partial charge in [-0.2, -0.15) is 5.10 Å². The summed E-state index contributed by atoms with van der Waals surface area (Å²) in [5, 5.41) is 9.57. The molecule has 2 amide bonds. The molecule has 2 atom stereocenters. The first-order valence-electron chi connectivity index (χ1n) is 10.4. The second kappa shape index (κ2) is 10.9. The van der Waals surface area contributed by atoms with Crippen molar-refractivity contribution in [3.63, 3.8) is 0 Å². The van der Waals surface area contributed by atoms with Crippen molar-refractivity contribution in [2.24, 2.45) is 10.9 Å². The quantitative estimate of drug-likeness (QED) is 0.135. The van der Waals surface area contributed by atoms with E-state index in [1.54, 1.807) is 4.90 Å². The average molecular weight is 445 g/mol. The van der Waals surface area contributed by atoms with Crippen LogP contribution in [0.2, 0.25) is 0 Å². The molecule has 1 fully saturated rings. The molecular formula is C21H28N6O3S. The number of thiazole rings is 1. The largest absolute Gasteiger partial charge is 0.375 e. The third-order valence-electron chi connectivity index (χ3n) is 5.33. The first-order valence-corrected chi connectivity index (χ1v) is 11.3. The van der Waals surface area contributed by atoms with Crippen LogP contribution in [0.4, 0.5) is 0 Å². The number of nitrogens with two attached hydrogens (primary N) is 1. The molecule has 2 heterocycles. The Morgan fingerprint density at radius 2 is 2.16 bits per heavy atom. The first kappa shape index (κ1) is 22.7. The van der Waals surface area contributed by atoms with Gasteiger partial charge < -0.3 is 21.4 Å². The van der Waals surface area contributed by atoms with Gasteiger partial charge in [0.1, 0.15) is 12.4 Å². The van der Waals surface area contributed by atoms with Gasteiger partial charge in [-0.15, -0.1) is 11.3 Å². The van der Waals surface area contributed by atoms with Crippen LogP contribution in [0.15, 0.2) is 29.4 Å². The van der Waals surface area contributed by atoms with Crippen LogP contribution >= 0.6 is 11.3 Å². The highest BCUT2D eigenvalue weighted by Gasteiger charge is 2.33. The fourth-order valence-corrected chi connectivity index (χ4v) is 4.73. The zero-order valence-corrected chi connectivity index (χ0v) is 18.4. The van der Waals surface area contributed by atoms with Crippen molar-refractivity contribution >= 4 is 45.5 Å². The monoisotopic (exact) mass is 444 g/mol. The number of hydrogen-bond donors (Lipinski definition) is 3. The Labute approximate surface area is 185 Å². The van der Waals surface area contributed by atoms with Crippen LogP contribution in [0.1, 0.15) is 48.8 Å². The highest BCUT2D eigenvalue weighted by molar-refractivity contribution is 7.20. The number of amides is 2. The highest BCUT2D eigenvalue weighted by Crippen LogP contribution is 2.24. The SMILES string of the molecule is CC(=O)N1CCCC[C@H]1C(=O)NC(CCCNC=NN)C(=O)c1nc2ccccc2s1. The van der Waals surface area contributed by atoms with E-state index in [9.17, 15) is 14.4 Å². The number of fused-ring (bicyclic) bond motifs is 1. The fourth-order valence-electron chi connectivity index (χ4n) is 3.77. The molecule has 10 heteroatoms. The fraction of sp³-hybridized carbons (Fsp3) is 0.476. The molecule has 31 heavy (non-hydrogen) atoms. The molecule has 1 aliphatic heterocycles. The number of likely N-dealkylation sites (tertiary alicyclic amines) is 1. The molecule has 0 saturated carbocycles. The Hall–Kier alpha value is -3.01. The van der Waals surface area contributed by atoms with Gasteiger partial charge in [0.05, 0.1) is 16.3 Å². The van der Waals surface area contributed by atoms with E-state index in [1.807, 2.05) is 24.3 Å². The number of carbonyl (C=O) groups is 3. The van der Waals surface area contributed by atoms with Crippen molar-refractivity contribution in [1.82, 2.24) is 20.5 Å². The van der Waals surface area contributed by atoms with E-state index >= 15 is 0 Å². The second-order valence-electron chi connectivity index (χ2n) is 7.51. The van der Waals surface area contributed by atoms with E-state index in [-0.39, 0.29) is 17.6 Å². The minimum absolute atomic E-state index is 0.126. The van der Waals surface area contributed by atoms with Gasteiger partial charge in [-0.25, -0.2) is 4.98 Å². The van der Waals surface area contributed by atoms with E-state index in [0.717, 1.165) is 23.1 Å². The molecule has 9 nitrogen and oxygen atoms in total. The summed E-state index contributed by atoms with van der Waals surface area (Å²) in [6.45, 7) is 2.59. The van der Waals surface area contributed by atoms with Crippen LogP contribution < -0.4 is 16.5 Å². The first-order chi connectivity index (χ1) is 15.0. The summed E-state index contributed by atoms with van der Waals surface area (Å²) in [7, 11) is 0. The number of para-hydroxylation sites is 1. The Balaban J connectivity index is 1.75. The number of aromatic nitrogens is 1. The van der Waals surface area contributed by atoms with Gasteiger partial charge in [0.25, 0.3) is 0 Å². The van der Waals surface area contributed by atoms with Crippen molar-refractivity contribution < 1.29 is 14.4 Å². The van der Waals surface area contributed by atoms with Crippen molar-refractivity contribution in [3.05, 3.63) is 29.3 Å². The molecule has 4 N–H and O–H groups in total. The summed E-state index contributed by atoms with van der Waals surface area (Å²) in [6.07, 6.45) is 4.79. The number of hydrogen-bond acceptors (Lipinski definition) is 7. The zero-order valence-electron chi connectivity index (χ0n) is 17.5. The van der Waals surface area contributed by atoms with Crippen LogP contribution in [0.3, 0.4) is 0 Å². The van der Waals surface area contributed by atoms with Crippen molar-refractivity contribution in [2.75, 3.05) is 13.1 Å². The highest BCUT2D eigenvalue weighted by atomic mass is 32.1. The summed E-state index contributed by atoms with van der Waals surface area (Å²) in [5.41, 5.74) is 0.761. The maximum atomic E-state index is 13.3. The van der Waals surface area contributed by atoms with Gasteiger partial charge in [-0.1, -0.05) is 12.1 Å². The second-order valence-corrected chi connectivity index (χ2v) is 8.54. The summed E-state index contributed by atoms with van der Waals surface area (Å²) >= 11 is 1.32. The van der Waals surface area contributed by atoms with Crippen LogP contribution in [-0.4, -0.2) is 59.0 Å². The number of benzene rings is 1. The molecule has 0 radical (unpaired) electrons. The Kier molecular flexibility index (Phi) is 7.94. The maximum absolute atomic E-state index is 13.3. The van der Waals surface area contributed by atoms with Crippen LogP contribution in [0.25, 0.3) is 10.2 Å². The van der Waals surface area contributed by atoms with Crippen molar-refractivity contribution in [3.8, 4) is 0 Å². The van der Waals surface area contributed by atoms with E-state index in [0.29, 0.717) is 37.4 Å². The normalized spacial score (nSPS) is 17.6. The van der Waals surface area contributed by atoms with Crippen LogP contribution in [-0.2, 0) is 9.59 Å². The maximum Gasteiger partial charge on any atom is 0.243 e. The number of ketones is 1. The Bertz CT molecular complexity index is 926. The summed E-state index contributed by atoms with van der Waals surface area (Å²) in [5.74, 6) is 4.45. The molecule has 0 spiro atoms. The van der Waals surface area contributed by atoms with Crippen LogP contribution in [0.5, 0.6) is 0 Å². The van der Waals surface area contributed by atoms with Gasteiger partial charge >= 0.3 is 0 Å². The lowest BCUT2D eigenvalue weighted by Crippen LogP contribution is -2.54. The third kappa shape index (κ3) is 5.78. The summed E-state index contributed by atoms with van der Waals surface area (Å²) in [6, 6.07) is 6.29. The minimum Gasteiger partial charge on any atom is -0.375 e. The zero-order chi connectivity index (χ0) is 22.2. The molecule has 0 bridgehead atoms. The lowest BCUT2D eigenvalue weighted by molar-refractivity contribution is -0.140. The van der Waals surface area contributed by atoms with Gasteiger partial charge in [-0.05, 0) is 44.2 Å². The molecule has 1 aromatic heterocycles. The van der Waals surface area contributed by atoms with Gasteiger partial charge in [0, 0.05) is 20.0 Å². The standard InChI is InChI=1S/C21H28N6O3S/c1-14(28)27-12-5-4-9-17(27)20(30)25-16(8-6-11-23-13-24-22)19(29)21-26-15-7-2-3-10-18(15)31-21/h2-3,7,10,13,16-17H,4-6,8-9,11-12,22H2,1H3,(H,23,24)(H,25,30)/t16?,17-/m0/s1. The number of nitrogens with zero attached hydrogens (tertiary/aromatic N) is 3. The molecule has 2 aromatic rings. The predicted octanol–water partition coefficient (Wildman–Crippen LogP) is 1.64. The van der Waals surface area contributed by atoms with E-state index in [2.05, 4.69) is 20.7 Å². The number of Topliss-reactive ketones (excluding diaryl/α,β-unsaturated/α-hetero) is 1. The predicted molar refractivity (Wildman–Crippen MR) is 121 cm³/mol. The summed E-state index contributed by atoms with van der Waals surface area (Å²) < 4.78 is 0.923. The summed E-state index contributed by atoms with van der Waals surface area (Å²) in [4.78, 5) is 44.3. The topological polar surface area (TPSA) is 130 Å². The van der Waals surface area contributed by atoms with Gasteiger partial charge in [0.2, 0.25) is 17.6 Å². The lowest BCUT2D eigenvalue weighted by Gasteiger charge is -2.34. The van der Waals surface area contributed by atoms with Crippen molar-refractivity contribution in [2.45, 2.75) is 51.1 Å². The van der Waals surface area contributed by atoms with E-state index in [1.165, 1.54) is 24.6 Å². The molecule has 1 aliphatic rings. The van der Waals surface area contributed by atoms with Crippen molar-refractivity contribution in [1.29, 1.82) is 0 Å². The molecule has 0 aliphatic carbocycles. The Morgan fingerprint density at radius 1 is 1.35 bits per heavy atom. The van der Waals surface area contributed by atoms with Gasteiger partial charge in [0.15, 0.2) is 5.01 Å². The number of nitrogens with one attached hydrogen (secondary N) is 2. The van der Waals surface area contributed by atoms with E-state index < -0.39 is 12.1 Å². The molecule has 1 aromatic carbocycles. The number of hydrazone groups is 1. The number of rotatable bonds is 9. The molecule has 1 unspecified atom stereocenters. The minimum atomic E-state index is -0.722. The van der Waals surface area contributed by atoms with E-state index in [4.69, 9.17) is 5.84 Å². The third-order valence-corrected chi connectivity index (χ3v) is 6.38. The number of carbonyl (C=O) groups excluding carboxylic acids is 3. The average Bonchev–Trinajstić information content (AvgIpc) is 3.22. The lowest BCUT2D eigenvalue weighted by atomic mass is 10.00. The Morgan fingerprint density at radius 3 is 2.90 bits per heavy atom. The molecule has 1 saturated heterocycles. The number of piperidine rings is 1.